The number of rotatable bonds is 2. The van der Waals surface area contributed by atoms with E-state index in [1.54, 1.807) is 0 Å². The van der Waals surface area contributed by atoms with Crippen molar-refractivity contribution in [3.8, 4) is 11.3 Å². The molecule has 1 saturated heterocycles. The first-order valence-electron chi connectivity index (χ1n) is 5.58. The van der Waals surface area contributed by atoms with E-state index in [9.17, 15) is 0 Å². The Morgan fingerprint density at radius 2 is 2.06 bits per heavy atom. The maximum absolute atomic E-state index is 5.62. The molecule has 1 fully saturated rings. The van der Waals surface area contributed by atoms with Crippen LogP contribution >= 0.6 is 0 Å². The molecular weight excluding hydrogens is 218 g/mol. The summed E-state index contributed by atoms with van der Waals surface area (Å²) in [6.07, 6.45) is -0.320. The lowest BCUT2D eigenvalue weighted by atomic mass is 10.1. The lowest BCUT2D eigenvalue weighted by molar-refractivity contribution is -0.0598. The molecule has 5 heteroatoms. The van der Waals surface area contributed by atoms with Crippen LogP contribution in [0.4, 0.5) is 0 Å². The molecule has 0 aliphatic carbocycles. The summed E-state index contributed by atoms with van der Waals surface area (Å²) in [6.45, 7) is 2.56. The smallest absolute Gasteiger partial charge is 0.205 e. The van der Waals surface area contributed by atoms with Gasteiger partial charge in [-0.25, -0.2) is 0 Å². The Balaban J connectivity index is 1.95. The van der Waals surface area contributed by atoms with Gasteiger partial charge in [-0.05, 0) is 6.92 Å². The van der Waals surface area contributed by atoms with Gasteiger partial charge in [0.15, 0.2) is 0 Å². The van der Waals surface area contributed by atoms with Gasteiger partial charge in [0.2, 0.25) is 6.29 Å². The zero-order chi connectivity index (χ0) is 11.7. The fourth-order valence-corrected chi connectivity index (χ4v) is 1.87. The highest BCUT2D eigenvalue weighted by Gasteiger charge is 2.29. The van der Waals surface area contributed by atoms with Crippen LogP contribution in [0.25, 0.3) is 11.3 Å². The van der Waals surface area contributed by atoms with Crippen LogP contribution in [-0.4, -0.2) is 28.1 Å². The first kappa shape index (κ1) is 10.4. The number of aromatic nitrogens is 3. The minimum atomic E-state index is -0.418. The Kier molecular flexibility index (Phi) is 2.62. The molecule has 0 radical (unpaired) electrons. The molecule has 88 valence electrons. The van der Waals surface area contributed by atoms with Crippen molar-refractivity contribution in [3.05, 3.63) is 36.0 Å². The van der Waals surface area contributed by atoms with E-state index < -0.39 is 6.29 Å². The SMILES string of the molecule is CC1COC(c2n[nH]nc2-c2ccccc2)O1. The first-order chi connectivity index (χ1) is 8.34. The maximum Gasteiger partial charge on any atom is 0.205 e. The van der Waals surface area contributed by atoms with Crippen molar-refractivity contribution >= 4 is 0 Å². The quantitative estimate of drug-likeness (QED) is 0.857. The van der Waals surface area contributed by atoms with Gasteiger partial charge >= 0.3 is 0 Å². The molecule has 17 heavy (non-hydrogen) atoms. The van der Waals surface area contributed by atoms with Gasteiger partial charge in [0, 0.05) is 5.56 Å². The minimum Gasteiger partial charge on any atom is -0.344 e. The molecule has 2 heterocycles. The van der Waals surface area contributed by atoms with Crippen LogP contribution in [0, 0.1) is 0 Å². The summed E-state index contributed by atoms with van der Waals surface area (Å²) < 4.78 is 11.2. The Morgan fingerprint density at radius 1 is 1.24 bits per heavy atom. The van der Waals surface area contributed by atoms with E-state index in [2.05, 4.69) is 15.4 Å². The minimum absolute atomic E-state index is 0.0975. The van der Waals surface area contributed by atoms with Gasteiger partial charge in [-0.3, -0.25) is 0 Å². The fraction of sp³-hybridized carbons (Fsp3) is 0.333. The molecule has 0 bridgehead atoms. The third kappa shape index (κ3) is 1.94. The number of hydrogen-bond acceptors (Lipinski definition) is 4. The van der Waals surface area contributed by atoms with E-state index in [1.165, 1.54) is 0 Å². The molecule has 2 aromatic rings. The van der Waals surface area contributed by atoms with E-state index in [1.807, 2.05) is 37.3 Å². The van der Waals surface area contributed by atoms with Gasteiger partial charge in [0.25, 0.3) is 0 Å². The van der Waals surface area contributed by atoms with Crippen LogP contribution in [-0.2, 0) is 9.47 Å². The molecule has 0 saturated carbocycles. The Labute approximate surface area is 98.8 Å². The van der Waals surface area contributed by atoms with Crippen LogP contribution in [0.5, 0.6) is 0 Å². The first-order valence-corrected chi connectivity index (χ1v) is 5.58. The largest absolute Gasteiger partial charge is 0.344 e. The second-order valence-corrected chi connectivity index (χ2v) is 4.04. The van der Waals surface area contributed by atoms with Gasteiger partial charge in [0.05, 0.1) is 12.7 Å². The maximum atomic E-state index is 5.62. The molecule has 2 unspecified atom stereocenters. The molecule has 0 spiro atoms. The zero-order valence-corrected chi connectivity index (χ0v) is 9.46. The number of ether oxygens (including phenoxy) is 2. The van der Waals surface area contributed by atoms with Crippen LogP contribution in [0.2, 0.25) is 0 Å². The van der Waals surface area contributed by atoms with Gasteiger partial charge in [-0.2, -0.15) is 15.4 Å². The third-order valence-electron chi connectivity index (χ3n) is 2.68. The number of H-pyrrole nitrogens is 1. The van der Waals surface area contributed by atoms with Crippen LogP contribution in [0.1, 0.15) is 18.9 Å². The fourth-order valence-electron chi connectivity index (χ4n) is 1.87. The molecular formula is C12H13N3O2. The molecule has 3 rings (SSSR count). The number of aromatic amines is 1. The lowest BCUT2D eigenvalue weighted by Crippen LogP contribution is -2.04. The number of nitrogens with one attached hydrogen (secondary N) is 1. The highest BCUT2D eigenvalue weighted by Crippen LogP contribution is 2.31. The molecule has 1 aliphatic heterocycles. The van der Waals surface area contributed by atoms with Crippen molar-refractivity contribution in [2.75, 3.05) is 6.61 Å². The summed E-state index contributed by atoms with van der Waals surface area (Å²) in [4.78, 5) is 0. The predicted molar refractivity (Wildman–Crippen MR) is 61.1 cm³/mol. The third-order valence-corrected chi connectivity index (χ3v) is 2.68. The van der Waals surface area contributed by atoms with Gasteiger partial charge in [-0.15, -0.1) is 0 Å². The van der Waals surface area contributed by atoms with Crippen LogP contribution in [0.3, 0.4) is 0 Å². The summed E-state index contributed by atoms with van der Waals surface area (Å²) >= 11 is 0. The van der Waals surface area contributed by atoms with Crippen molar-refractivity contribution < 1.29 is 9.47 Å². The van der Waals surface area contributed by atoms with Gasteiger partial charge < -0.3 is 9.47 Å². The molecule has 1 N–H and O–H groups in total. The summed E-state index contributed by atoms with van der Waals surface area (Å²) in [6, 6.07) is 9.87. The van der Waals surface area contributed by atoms with E-state index >= 15 is 0 Å². The highest BCUT2D eigenvalue weighted by atomic mass is 16.7. The van der Waals surface area contributed by atoms with Crippen molar-refractivity contribution in [2.24, 2.45) is 0 Å². The molecule has 1 aromatic carbocycles. The van der Waals surface area contributed by atoms with E-state index in [-0.39, 0.29) is 6.10 Å². The van der Waals surface area contributed by atoms with Crippen molar-refractivity contribution in [1.82, 2.24) is 15.4 Å². The summed E-state index contributed by atoms with van der Waals surface area (Å²) in [7, 11) is 0. The topological polar surface area (TPSA) is 60.0 Å². The average Bonchev–Trinajstić information content (AvgIpc) is 2.98. The van der Waals surface area contributed by atoms with Crippen LogP contribution < -0.4 is 0 Å². The number of nitrogens with zero attached hydrogens (tertiary/aromatic N) is 2. The molecule has 0 amide bonds. The molecule has 1 aliphatic rings. The Hall–Kier alpha value is -1.72. The second kappa shape index (κ2) is 4.27. The number of benzene rings is 1. The predicted octanol–water partition coefficient (Wildman–Crippen LogP) is 1.91. The van der Waals surface area contributed by atoms with Crippen molar-refractivity contribution in [1.29, 1.82) is 0 Å². The summed E-state index contributed by atoms with van der Waals surface area (Å²) in [5.41, 5.74) is 2.49. The highest BCUT2D eigenvalue weighted by molar-refractivity contribution is 5.61. The monoisotopic (exact) mass is 231 g/mol. The summed E-state index contributed by atoms with van der Waals surface area (Å²) in [5, 5.41) is 10.9. The zero-order valence-electron chi connectivity index (χ0n) is 9.46. The summed E-state index contributed by atoms with van der Waals surface area (Å²) in [5.74, 6) is 0. The normalized spacial score (nSPS) is 24.1. The second-order valence-electron chi connectivity index (χ2n) is 4.04. The Bertz CT molecular complexity index is 497. The standard InChI is InChI=1S/C12H13N3O2/c1-8-7-16-12(17-8)11-10(13-15-14-11)9-5-3-2-4-6-9/h2-6,8,12H,7H2,1H3,(H,13,14,15). The molecule has 1 aromatic heterocycles. The van der Waals surface area contributed by atoms with Gasteiger partial charge in [-0.1, -0.05) is 30.3 Å². The molecule has 2 atom stereocenters. The lowest BCUT2D eigenvalue weighted by Gasteiger charge is -2.08. The van der Waals surface area contributed by atoms with E-state index in [0.29, 0.717) is 12.3 Å². The average molecular weight is 231 g/mol. The van der Waals surface area contributed by atoms with E-state index in [4.69, 9.17) is 9.47 Å². The van der Waals surface area contributed by atoms with Crippen molar-refractivity contribution in [3.63, 3.8) is 0 Å². The van der Waals surface area contributed by atoms with Gasteiger partial charge in [0.1, 0.15) is 11.4 Å². The van der Waals surface area contributed by atoms with Crippen LogP contribution in [0.15, 0.2) is 30.3 Å². The van der Waals surface area contributed by atoms with E-state index in [0.717, 1.165) is 11.3 Å². The Morgan fingerprint density at radius 3 is 2.76 bits per heavy atom. The van der Waals surface area contributed by atoms with Crippen molar-refractivity contribution in [2.45, 2.75) is 19.3 Å². The number of hydrogen-bond donors (Lipinski definition) is 1. The molecule has 5 nitrogen and oxygen atoms in total.